The van der Waals surface area contributed by atoms with Crippen molar-refractivity contribution in [1.29, 1.82) is 0 Å². The summed E-state index contributed by atoms with van der Waals surface area (Å²) >= 11 is 0. The van der Waals surface area contributed by atoms with Gasteiger partial charge in [-0.25, -0.2) is 4.98 Å². The molecule has 2 fully saturated rings. The first kappa shape index (κ1) is 11.3. The Labute approximate surface area is 104 Å². The molecule has 3 nitrogen and oxygen atoms in total. The highest BCUT2D eigenvalue weighted by atomic mass is 15.1. The molecule has 2 aliphatic rings. The van der Waals surface area contributed by atoms with Crippen molar-refractivity contribution in [2.75, 3.05) is 13.1 Å². The van der Waals surface area contributed by atoms with Gasteiger partial charge in [-0.1, -0.05) is 19.3 Å². The van der Waals surface area contributed by atoms with Gasteiger partial charge in [-0.15, -0.1) is 0 Å². The number of piperidine rings is 1. The average molecular weight is 233 g/mol. The second-order valence-electron chi connectivity index (χ2n) is 5.51. The molecule has 1 N–H and O–H groups in total. The van der Waals surface area contributed by atoms with E-state index in [0.717, 1.165) is 19.0 Å². The summed E-state index contributed by atoms with van der Waals surface area (Å²) in [5.41, 5.74) is 0. The minimum Gasteiger partial charge on any atom is -0.332 e. The molecular formula is C14H23N3. The van der Waals surface area contributed by atoms with E-state index in [1.165, 1.54) is 50.8 Å². The molecular weight excluding hydrogens is 210 g/mol. The average Bonchev–Trinajstić information content (AvgIpc) is 2.90. The van der Waals surface area contributed by atoms with Crippen molar-refractivity contribution in [3.05, 3.63) is 18.2 Å². The topological polar surface area (TPSA) is 29.9 Å². The molecule has 0 radical (unpaired) electrons. The van der Waals surface area contributed by atoms with E-state index in [0.29, 0.717) is 6.04 Å². The van der Waals surface area contributed by atoms with E-state index >= 15 is 0 Å². The summed E-state index contributed by atoms with van der Waals surface area (Å²) in [6.07, 6.45) is 13.6. The van der Waals surface area contributed by atoms with Crippen LogP contribution in [0.2, 0.25) is 0 Å². The normalized spacial score (nSPS) is 24.0. The lowest BCUT2D eigenvalue weighted by atomic mass is 9.88. The van der Waals surface area contributed by atoms with Gasteiger partial charge in [-0.3, -0.25) is 0 Å². The molecule has 0 bridgehead atoms. The van der Waals surface area contributed by atoms with Crippen LogP contribution in [0, 0.1) is 0 Å². The molecule has 1 saturated carbocycles. The summed E-state index contributed by atoms with van der Waals surface area (Å²) in [4.78, 5) is 4.66. The predicted octanol–water partition coefficient (Wildman–Crippen LogP) is 2.86. The van der Waals surface area contributed by atoms with Crippen molar-refractivity contribution in [3.8, 4) is 0 Å². The molecule has 0 aromatic carbocycles. The number of nitrogens with zero attached hydrogens (tertiary/aromatic N) is 2. The Hall–Kier alpha value is -0.830. The van der Waals surface area contributed by atoms with Gasteiger partial charge in [-0.05, 0) is 38.8 Å². The maximum atomic E-state index is 4.66. The smallest absolute Gasteiger partial charge is 0.112 e. The first-order valence-electron chi connectivity index (χ1n) is 7.18. The van der Waals surface area contributed by atoms with Gasteiger partial charge in [0.05, 0.1) is 0 Å². The number of aromatic nitrogens is 2. The lowest BCUT2D eigenvalue weighted by Gasteiger charge is -2.29. The summed E-state index contributed by atoms with van der Waals surface area (Å²) < 4.78 is 2.48. The van der Waals surface area contributed by atoms with Crippen LogP contribution in [0.5, 0.6) is 0 Å². The maximum absolute atomic E-state index is 4.66. The Bertz CT molecular complexity index is 314. The molecule has 17 heavy (non-hydrogen) atoms. The van der Waals surface area contributed by atoms with Gasteiger partial charge in [0.1, 0.15) is 5.82 Å². The molecule has 0 amide bonds. The van der Waals surface area contributed by atoms with Crippen LogP contribution in [0.15, 0.2) is 12.4 Å². The molecule has 1 aliphatic heterocycles. The van der Waals surface area contributed by atoms with E-state index in [9.17, 15) is 0 Å². The summed E-state index contributed by atoms with van der Waals surface area (Å²) in [6, 6.07) is 0.690. The zero-order chi connectivity index (χ0) is 11.5. The monoisotopic (exact) mass is 233 g/mol. The van der Waals surface area contributed by atoms with Gasteiger partial charge in [0.2, 0.25) is 0 Å². The summed E-state index contributed by atoms with van der Waals surface area (Å²) in [5, 5.41) is 3.44. The van der Waals surface area contributed by atoms with Crippen molar-refractivity contribution in [3.63, 3.8) is 0 Å². The van der Waals surface area contributed by atoms with Crippen LogP contribution in [0.3, 0.4) is 0 Å². The zero-order valence-electron chi connectivity index (χ0n) is 10.6. The number of hydrogen-bond acceptors (Lipinski definition) is 2. The molecule has 3 rings (SSSR count). The Morgan fingerprint density at radius 1 is 1.06 bits per heavy atom. The molecule has 0 unspecified atom stereocenters. The van der Waals surface area contributed by atoms with Crippen molar-refractivity contribution >= 4 is 0 Å². The molecule has 2 heterocycles. The van der Waals surface area contributed by atoms with Crippen LogP contribution >= 0.6 is 0 Å². The van der Waals surface area contributed by atoms with Crippen molar-refractivity contribution in [2.45, 2.75) is 56.9 Å². The van der Waals surface area contributed by atoms with Crippen molar-refractivity contribution in [1.82, 2.24) is 14.9 Å². The van der Waals surface area contributed by atoms with Gasteiger partial charge in [-0.2, -0.15) is 0 Å². The van der Waals surface area contributed by atoms with E-state index < -0.39 is 0 Å². The fourth-order valence-corrected chi connectivity index (χ4v) is 3.40. The van der Waals surface area contributed by atoms with Crippen LogP contribution in [0.25, 0.3) is 0 Å². The highest BCUT2D eigenvalue weighted by Gasteiger charge is 2.23. The quantitative estimate of drug-likeness (QED) is 0.851. The van der Waals surface area contributed by atoms with Crippen LogP contribution in [-0.2, 0) is 0 Å². The standard InChI is InChI=1S/C14H23N3/c1-2-4-12(5-3-1)14-16-10-11-17(14)13-6-8-15-9-7-13/h10-13,15H,1-9H2. The van der Waals surface area contributed by atoms with Gasteiger partial charge < -0.3 is 9.88 Å². The third-order valence-electron chi connectivity index (χ3n) is 4.37. The Morgan fingerprint density at radius 3 is 2.59 bits per heavy atom. The van der Waals surface area contributed by atoms with Crippen LogP contribution in [-0.4, -0.2) is 22.6 Å². The van der Waals surface area contributed by atoms with Gasteiger partial charge in [0.25, 0.3) is 0 Å². The van der Waals surface area contributed by atoms with E-state index in [1.54, 1.807) is 0 Å². The van der Waals surface area contributed by atoms with Gasteiger partial charge in [0.15, 0.2) is 0 Å². The molecule has 94 valence electrons. The van der Waals surface area contributed by atoms with Gasteiger partial charge >= 0.3 is 0 Å². The molecule has 1 aliphatic carbocycles. The second-order valence-corrected chi connectivity index (χ2v) is 5.51. The van der Waals surface area contributed by atoms with E-state index in [1.807, 2.05) is 6.20 Å². The first-order valence-corrected chi connectivity index (χ1v) is 7.18. The Kier molecular flexibility index (Phi) is 3.46. The Morgan fingerprint density at radius 2 is 1.82 bits per heavy atom. The molecule has 3 heteroatoms. The molecule has 1 saturated heterocycles. The third-order valence-corrected chi connectivity index (χ3v) is 4.37. The van der Waals surface area contributed by atoms with Crippen molar-refractivity contribution < 1.29 is 0 Å². The zero-order valence-corrected chi connectivity index (χ0v) is 10.6. The summed E-state index contributed by atoms with van der Waals surface area (Å²) in [7, 11) is 0. The van der Waals surface area contributed by atoms with E-state index in [2.05, 4.69) is 21.1 Å². The van der Waals surface area contributed by atoms with Gasteiger partial charge in [0, 0.05) is 24.4 Å². The van der Waals surface area contributed by atoms with E-state index in [4.69, 9.17) is 0 Å². The molecule has 1 aromatic rings. The number of imidazole rings is 1. The van der Waals surface area contributed by atoms with Crippen LogP contribution < -0.4 is 5.32 Å². The largest absolute Gasteiger partial charge is 0.332 e. The number of rotatable bonds is 2. The highest BCUT2D eigenvalue weighted by Crippen LogP contribution is 2.33. The minimum atomic E-state index is 0.690. The van der Waals surface area contributed by atoms with Crippen LogP contribution in [0.4, 0.5) is 0 Å². The number of hydrogen-bond donors (Lipinski definition) is 1. The fraction of sp³-hybridized carbons (Fsp3) is 0.786. The number of nitrogens with one attached hydrogen (secondary N) is 1. The highest BCUT2D eigenvalue weighted by molar-refractivity contribution is 5.04. The fourth-order valence-electron chi connectivity index (χ4n) is 3.40. The van der Waals surface area contributed by atoms with Crippen molar-refractivity contribution in [2.24, 2.45) is 0 Å². The lowest BCUT2D eigenvalue weighted by Crippen LogP contribution is -2.30. The Balaban J connectivity index is 1.77. The molecule has 1 aromatic heterocycles. The maximum Gasteiger partial charge on any atom is 0.112 e. The molecule has 0 spiro atoms. The lowest BCUT2D eigenvalue weighted by molar-refractivity contribution is 0.338. The van der Waals surface area contributed by atoms with Crippen LogP contribution in [0.1, 0.15) is 62.7 Å². The second kappa shape index (κ2) is 5.21. The predicted molar refractivity (Wildman–Crippen MR) is 69.2 cm³/mol. The van der Waals surface area contributed by atoms with E-state index in [-0.39, 0.29) is 0 Å². The SMILES string of the molecule is c1cn(C2CCNCC2)c(C2CCCCC2)n1. The summed E-state index contributed by atoms with van der Waals surface area (Å²) in [6.45, 7) is 2.32. The first-order chi connectivity index (χ1) is 8.45. The summed E-state index contributed by atoms with van der Waals surface area (Å²) in [5.74, 6) is 2.10. The third kappa shape index (κ3) is 2.39. The minimum absolute atomic E-state index is 0.690. The molecule has 0 atom stereocenters.